The number of amides is 3. The minimum absolute atomic E-state index is 0.0551. The lowest BCUT2D eigenvalue weighted by Crippen LogP contribution is -2.49. The van der Waals surface area contributed by atoms with E-state index in [4.69, 9.17) is 4.74 Å². The van der Waals surface area contributed by atoms with Crippen molar-refractivity contribution in [1.82, 2.24) is 20.4 Å². The van der Waals surface area contributed by atoms with E-state index in [9.17, 15) is 14.4 Å². The van der Waals surface area contributed by atoms with E-state index in [2.05, 4.69) is 29.6 Å². The zero-order chi connectivity index (χ0) is 17.7. The molecule has 8 heteroatoms. The molecule has 1 aromatic rings. The minimum atomic E-state index is -0.666. The Morgan fingerprint density at radius 1 is 1.33 bits per heavy atom. The normalized spacial score (nSPS) is 23.4. The number of nitrogens with zero attached hydrogens (tertiary/aromatic N) is 2. The maximum Gasteiger partial charge on any atom is 0.341 e. The first kappa shape index (κ1) is 18.0. The van der Waals surface area contributed by atoms with Crippen molar-refractivity contribution in [2.75, 3.05) is 6.61 Å². The SMILES string of the molecule is C[C@H]1[C@H](C)CCC[C@H]1NC(=O)NC(=O)COC(=O)c1cnn(C)c1. The van der Waals surface area contributed by atoms with Gasteiger partial charge in [0, 0.05) is 19.3 Å². The van der Waals surface area contributed by atoms with Gasteiger partial charge in [-0.25, -0.2) is 9.59 Å². The average molecular weight is 336 g/mol. The van der Waals surface area contributed by atoms with Crippen LogP contribution in [-0.2, 0) is 16.6 Å². The van der Waals surface area contributed by atoms with Gasteiger partial charge in [0.15, 0.2) is 6.61 Å². The van der Waals surface area contributed by atoms with Crippen molar-refractivity contribution < 1.29 is 19.1 Å². The van der Waals surface area contributed by atoms with Crippen LogP contribution in [0.15, 0.2) is 12.4 Å². The molecule has 0 aromatic carbocycles. The quantitative estimate of drug-likeness (QED) is 0.805. The van der Waals surface area contributed by atoms with Crippen LogP contribution in [0.25, 0.3) is 0 Å². The highest BCUT2D eigenvalue weighted by Crippen LogP contribution is 2.29. The maximum absolute atomic E-state index is 11.9. The van der Waals surface area contributed by atoms with Crippen LogP contribution < -0.4 is 10.6 Å². The summed E-state index contributed by atoms with van der Waals surface area (Å²) < 4.78 is 6.30. The van der Waals surface area contributed by atoms with Crippen molar-refractivity contribution in [2.24, 2.45) is 18.9 Å². The molecule has 0 radical (unpaired) electrons. The lowest BCUT2D eigenvalue weighted by Gasteiger charge is -2.34. The summed E-state index contributed by atoms with van der Waals surface area (Å²) in [5.41, 5.74) is 0.250. The molecule has 24 heavy (non-hydrogen) atoms. The van der Waals surface area contributed by atoms with Crippen LogP contribution >= 0.6 is 0 Å². The predicted molar refractivity (Wildman–Crippen MR) is 86.1 cm³/mol. The number of carbonyl (C=O) groups is 3. The predicted octanol–water partition coefficient (Wildman–Crippen LogP) is 1.23. The van der Waals surface area contributed by atoms with Crippen molar-refractivity contribution in [3.8, 4) is 0 Å². The first-order valence-corrected chi connectivity index (χ1v) is 8.13. The lowest BCUT2D eigenvalue weighted by atomic mass is 9.78. The van der Waals surface area contributed by atoms with E-state index in [0.717, 1.165) is 19.3 Å². The van der Waals surface area contributed by atoms with Gasteiger partial charge < -0.3 is 10.1 Å². The van der Waals surface area contributed by atoms with Crippen LogP contribution in [-0.4, -0.2) is 40.3 Å². The minimum Gasteiger partial charge on any atom is -0.452 e. The fraction of sp³-hybridized carbons (Fsp3) is 0.625. The Hall–Kier alpha value is -2.38. The van der Waals surface area contributed by atoms with Crippen molar-refractivity contribution in [2.45, 2.75) is 39.2 Å². The number of rotatable bonds is 4. The smallest absolute Gasteiger partial charge is 0.341 e. The molecule has 1 fully saturated rings. The molecule has 0 unspecified atom stereocenters. The largest absolute Gasteiger partial charge is 0.452 e. The molecule has 1 aromatic heterocycles. The van der Waals surface area contributed by atoms with E-state index in [1.165, 1.54) is 17.1 Å². The van der Waals surface area contributed by atoms with Gasteiger partial charge in [0.05, 0.1) is 11.8 Å². The maximum atomic E-state index is 11.9. The topological polar surface area (TPSA) is 102 Å². The summed E-state index contributed by atoms with van der Waals surface area (Å²) in [6.07, 6.45) is 5.96. The summed E-state index contributed by atoms with van der Waals surface area (Å²) in [6.45, 7) is 3.75. The molecule has 2 rings (SSSR count). The lowest BCUT2D eigenvalue weighted by molar-refractivity contribution is -0.123. The Kier molecular flexibility index (Phi) is 5.94. The molecule has 3 atom stereocenters. The fourth-order valence-electron chi connectivity index (χ4n) is 2.89. The zero-order valence-corrected chi connectivity index (χ0v) is 14.2. The standard InChI is InChI=1S/C16H24N4O4/c1-10-5-4-6-13(11(10)2)18-16(23)19-14(21)9-24-15(22)12-7-17-20(3)8-12/h7-8,10-11,13H,4-6,9H2,1-3H3,(H2,18,19,21,23)/t10-,11+,13-/m1/s1. The van der Waals surface area contributed by atoms with Gasteiger partial charge in [-0.15, -0.1) is 0 Å². The van der Waals surface area contributed by atoms with E-state index in [0.29, 0.717) is 11.8 Å². The van der Waals surface area contributed by atoms with Crippen molar-refractivity contribution in [3.63, 3.8) is 0 Å². The van der Waals surface area contributed by atoms with E-state index >= 15 is 0 Å². The molecule has 1 heterocycles. The second-order valence-electron chi connectivity index (χ2n) is 6.37. The third kappa shape index (κ3) is 4.81. The number of aryl methyl sites for hydroxylation is 1. The van der Waals surface area contributed by atoms with Crippen molar-refractivity contribution in [3.05, 3.63) is 18.0 Å². The molecule has 0 aliphatic heterocycles. The second kappa shape index (κ2) is 7.94. The molecule has 0 spiro atoms. The Labute approximate surface area is 140 Å². The third-order valence-electron chi connectivity index (χ3n) is 4.55. The van der Waals surface area contributed by atoms with E-state index < -0.39 is 24.5 Å². The number of carbonyl (C=O) groups excluding carboxylic acids is 3. The highest BCUT2D eigenvalue weighted by Gasteiger charge is 2.28. The molecule has 132 valence electrons. The molecule has 0 saturated heterocycles. The first-order chi connectivity index (χ1) is 11.4. The van der Waals surface area contributed by atoms with Gasteiger partial charge in [-0.1, -0.05) is 26.7 Å². The molecule has 1 saturated carbocycles. The number of nitrogens with one attached hydrogen (secondary N) is 2. The van der Waals surface area contributed by atoms with Gasteiger partial charge in [-0.3, -0.25) is 14.8 Å². The highest BCUT2D eigenvalue weighted by atomic mass is 16.5. The van der Waals surface area contributed by atoms with Crippen LogP contribution in [0.5, 0.6) is 0 Å². The number of esters is 1. The van der Waals surface area contributed by atoms with Crippen LogP contribution in [0, 0.1) is 11.8 Å². The van der Waals surface area contributed by atoms with Crippen molar-refractivity contribution >= 4 is 17.9 Å². The van der Waals surface area contributed by atoms with E-state index in [-0.39, 0.29) is 11.6 Å². The van der Waals surface area contributed by atoms with Gasteiger partial charge in [-0.2, -0.15) is 5.10 Å². The summed E-state index contributed by atoms with van der Waals surface area (Å²) in [4.78, 5) is 35.3. The average Bonchev–Trinajstić information content (AvgIpc) is 2.96. The van der Waals surface area contributed by atoms with Gasteiger partial charge in [0.1, 0.15) is 0 Å². The monoisotopic (exact) mass is 336 g/mol. The Balaban J connectivity index is 1.73. The third-order valence-corrected chi connectivity index (χ3v) is 4.55. The Morgan fingerprint density at radius 3 is 2.75 bits per heavy atom. The molecule has 1 aliphatic carbocycles. The molecule has 1 aliphatic rings. The number of hydrogen-bond donors (Lipinski definition) is 2. The molecule has 0 bridgehead atoms. The van der Waals surface area contributed by atoms with Crippen molar-refractivity contribution in [1.29, 1.82) is 0 Å². The molecule has 3 amide bonds. The first-order valence-electron chi connectivity index (χ1n) is 8.13. The van der Waals surface area contributed by atoms with Crippen LogP contribution in [0.3, 0.4) is 0 Å². The number of imide groups is 1. The van der Waals surface area contributed by atoms with E-state index in [1.54, 1.807) is 7.05 Å². The number of aromatic nitrogens is 2. The Morgan fingerprint density at radius 2 is 2.08 bits per heavy atom. The summed E-state index contributed by atoms with van der Waals surface area (Å²) in [5, 5.41) is 8.86. The summed E-state index contributed by atoms with van der Waals surface area (Å²) in [6, 6.07) is -0.497. The number of urea groups is 1. The van der Waals surface area contributed by atoms with Crippen LogP contribution in [0.2, 0.25) is 0 Å². The molecular formula is C16H24N4O4. The molecule has 8 nitrogen and oxygen atoms in total. The van der Waals surface area contributed by atoms with Crippen LogP contribution in [0.1, 0.15) is 43.5 Å². The number of hydrogen-bond acceptors (Lipinski definition) is 5. The summed E-state index contributed by atoms with van der Waals surface area (Å²) >= 11 is 0. The number of ether oxygens (including phenoxy) is 1. The fourth-order valence-corrected chi connectivity index (χ4v) is 2.89. The molecular weight excluding hydrogens is 312 g/mol. The zero-order valence-electron chi connectivity index (χ0n) is 14.2. The summed E-state index contributed by atoms with van der Waals surface area (Å²) in [7, 11) is 1.67. The van der Waals surface area contributed by atoms with Gasteiger partial charge in [-0.05, 0) is 18.3 Å². The summed E-state index contributed by atoms with van der Waals surface area (Å²) in [5.74, 6) is -0.419. The van der Waals surface area contributed by atoms with E-state index in [1.807, 2.05) is 0 Å². The second-order valence-corrected chi connectivity index (χ2v) is 6.37. The van der Waals surface area contributed by atoms with Crippen LogP contribution in [0.4, 0.5) is 4.79 Å². The Bertz CT molecular complexity index is 613. The van der Waals surface area contributed by atoms with Gasteiger partial charge in [0.2, 0.25) is 0 Å². The molecule has 2 N–H and O–H groups in total. The van der Waals surface area contributed by atoms with Gasteiger partial charge in [0.25, 0.3) is 5.91 Å². The highest BCUT2D eigenvalue weighted by molar-refractivity contribution is 5.96. The van der Waals surface area contributed by atoms with Gasteiger partial charge >= 0.3 is 12.0 Å².